The van der Waals surface area contributed by atoms with Crippen LogP contribution in [0.2, 0.25) is 0 Å². The number of carbonyl (C=O) groups is 2. The molecule has 1 aliphatic rings. The molecule has 0 aliphatic carbocycles. The number of aliphatic hydroxyl groups excluding tert-OH is 2. The zero-order valence-corrected chi connectivity index (χ0v) is 20.9. The number of unbranched alkanes of at least 4 members (excludes halogenated alkanes) is 11. The van der Waals surface area contributed by atoms with Crippen LogP contribution in [0.1, 0.15) is 96.8 Å². The molecule has 8 heteroatoms. The van der Waals surface area contributed by atoms with Gasteiger partial charge < -0.3 is 24.5 Å². The van der Waals surface area contributed by atoms with Crippen LogP contribution >= 0.6 is 0 Å². The first-order chi connectivity index (χ1) is 16.6. The van der Waals surface area contributed by atoms with E-state index in [-0.39, 0.29) is 19.6 Å². The van der Waals surface area contributed by atoms with Crippen molar-refractivity contribution in [3.8, 4) is 0 Å². The maximum atomic E-state index is 12.2. The van der Waals surface area contributed by atoms with Crippen LogP contribution in [0.4, 0.5) is 0 Å². The molecule has 0 bridgehead atoms. The highest BCUT2D eigenvalue weighted by molar-refractivity contribution is 5.69. The summed E-state index contributed by atoms with van der Waals surface area (Å²) in [5.74, 6) is -0.414. The minimum absolute atomic E-state index is 0.0381. The highest BCUT2D eigenvalue weighted by Crippen LogP contribution is 2.23. The summed E-state index contributed by atoms with van der Waals surface area (Å²) in [5.41, 5.74) is 0. The molecule has 1 heterocycles. The van der Waals surface area contributed by atoms with Gasteiger partial charge in [-0.3, -0.25) is 4.79 Å². The van der Waals surface area contributed by atoms with Gasteiger partial charge in [0.05, 0.1) is 13.2 Å². The number of ether oxygens (including phenoxy) is 2. The van der Waals surface area contributed by atoms with Crippen molar-refractivity contribution >= 4 is 12.3 Å². The van der Waals surface area contributed by atoms with Gasteiger partial charge >= 0.3 is 5.97 Å². The van der Waals surface area contributed by atoms with E-state index in [9.17, 15) is 19.8 Å². The molecule has 0 aromatic rings. The Morgan fingerprint density at radius 2 is 1.62 bits per heavy atom. The number of rotatable bonds is 22. The molecule has 1 aliphatic heterocycles. The number of hydrogen-bond donors (Lipinski definition) is 2. The predicted molar refractivity (Wildman–Crippen MR) is 129 cm³/mol. The molecule has 1 rings (SSSR count). The normalized spacial score (nSPS) is 21.2. The van der Waals surface area contributed by atoms with Crippen molar-refractivity contribution in [3.05, 3.63) is 12.2 Å². The van der Waals surface area contributed by atoms with E-state index in [0.29, 0.717) is 6.29 Å². The van der Waals surface area contributed by atoms with Crippen LogP contribution in [0.25, 0.3) is 0 Å². The summed E-state index contributed by atoms with van der Waals surface area (Å²) in [7, 11) is 0. The minimum Gasteiger partial charge on any atom is -0.457 e. The predicted octanol–water partition coefficient (Wildman–Crippen LogP) is 4.20. The summed E-state index contributed by atoms with van der Waals surface area (Å²) in [6.45, 7) is 1.43. The Labute approximate surface area is 204 Å². The van der Waals surface area contributed by atoms with E-state index in [1.165, 1.54) is 51.4 Å². The molecule has 8 nitrogen and oxygen atoms in total. The molecule has 0 spiro atoms. The molecule has 0 aromatic carbocycles. The monoisotopic (exact) mass is 486 g/mol. The summed E-state index contributed by atoms with van der Waals surface area (Å²) in [6.07, 6.45) is 16.9. The zero-order chi connectivity index (χ0) is 24.9. The van der Waals surface area contributed by atoms with Crippen LogP contribution < -0.4 is 0 Å². The van der Waals surface area contributed by atoms with Gasteiger partial charge in [-0.2, -0.15) is 0 Å². The largest absolute Gasteiger partial charge is 0.457 e. The van der Waals surface area contributed by atoms with Gasteiger partial charge in [0.25, 0.3) is 0 Å². The van der Waals surface area contributed by atoms with Gasteiger partial charge in [0, 0.05) is 6.42 Å². The molecule has 0 unspecified atom stereocenters. The molecule has 0 aromatic heterocycles. The molecule has 0 radical (unpaired) electrons. The molecular formula is C26H46O8. The average molecular weight is 487 g/mol. The van der Waals surface area contributed by atoms with Crippen LogP contribution in [0, 0.1) is 0 Å². The van der Waals surface area contributed by atoms with Crippen molar-refractivity contribution < 1.29 is 39.1 Å². The zero-order valence-electron chi connectivity index (χ0n) is 20.9. The minimum atomic E-state index is -1.01. The first-order valence-corrected chi connectivity index (χ1v) is 13.1. The lowest BCUT2D eigenvalue weighted by Crippen LogP contribution is -2.44. The van der Waals surface area contributed by atoms with Gasteiger partial charge in [-0.05, 0) is 32.1 Å². The lowest BCUT2D eigenvalue weighted by molar-refractivity contribution is -0.339. The number of allylic oxidation sites excluding steroid dienone is 2. The Morgan fingerprint density at radius 1 is 1.00 bits per heavy atom. The number of carbonyl (C=O) groups excluding carboxylic acids is 2. The molecule has 0 saturated carbocycles. The Morgan fingerprint density at radius 3 is 2.24 bits per heavy atom. The van der Waals surface area contributed by atoms with E-state index in [1.54, 1.807) is 0 Å². The lowest BCUT2D eigenvalue weighted by Gasteiger charge is -2.25. The summed E-state index contributed by atoms with van der Waals surface area (Å²) < 4.78 is 10.8. The van der Waals surface area contributed by atoms with E-state index in [0.717, 1.165) is 32.1 Å². The molecular weight excluding hydrogens is 440 g/mol. The molecule has 198 valence electrons. The lowest BCUT2D eigenvalue weighted by atomic mass is 10.1. The van der Waals surface area contributed by atoms with E-state index >= 15 is 0 Å². The molecule has 34 heavy (non-hydrogen) atoms. The average Bonchev–Trinajstić information content (AvgIpc) is 3.19. The SMILES string of the molecule is CCCCCCCC/C=C\CCCCCCCC(=O)O[C@H]1[C@@H]([C@@H](CO)OOCC=O)OC[C@@H]1O. The van der Waals surface area contributed by atoms with Gasteiger partial charge in [-0.1, -0.05) is 70.4 Å². The third kappa shape index (κ3) is 14.2. The quantitative estimate of drug-likeness (QED) is 0.0585. The molecule has 2 N–H and O–H groups in total. The second-order valence-corrected chi connectivity index (χ2v) is 8.92. The number of esters is 1. The Balaban J connectivity index is 2.08. The van der Waals surface area contributed by atoms with Gasteiger partial charge in [0.15, 0.2) is 6.10 Å². The second-order valence-electron chi connectivity index (χ2n) is 8.92. The first kappa shape index (κ1) is 30.7. The second kappa shape index (κ2) is 21.0. The van der Waals surface area contributed by atoms with Crippen LogP contribution in [-0.4, -0.2) is 66.7 Å². The summed E-state index contributed by atoms with van der Waals surface area (Å²) >= 11 is 0. The fourth-order valence-corrected chi connectivity index (χ4v) is 3.98. The highest BCUT2D eigenvalue weighted by atomic mass is 17.2. The fraction of sp³-hybridized carbons (Fsp3) is 0.846. The van der Waals surface area contributed by atoms with E-state index < -0.39 is 37.0 Å². The number of aliphatic hydroxyl groups is 2. The van der Waals surface area contributed by atoms with Crippen molar-refractivity contribution in [1.29, 1.82) is 0 Å². The van der Waals surface area contributed by atoms with Crippen LogP contribution in [0.5, 0.6) is 0 Å². The third-order valence-corrected chi connectivity index (χ3v) is 5.95. The topological polar surface area (TPSA) is 112 Å². The molecule has 0 amide bonds. The summed E-state index contributed by atoms with van der Waals surface area (Å²) in [4.78, 5) is 32.2. The summed E-state index contributed by atoms with van der Waals surface area (Å²) in [6, 6.07) is 0. The Bertz CT molecular complexity index is 539. The third-order valence-electron chi connectivity index (χ3n) is 5.95. The first-order valence-electron chi connectivity index (χ1n) is 13.1. The van der Waals surface area contributed by atoms with E-state index in [2.05, 4.69) is 24.0 Å². The van der Waals surface area contributed by atoms with Gasteiger partial charge in [0.1, 0.15) is 31.2 Å². The van der Waals surface area contributed by atoms with Crippen LogP contribution in [-0.2, 0) is 28.8 Å². The van der Waals surface area contributed by atoms with Crippen LogP contribution in [0.3, 0.4) is 0 Å². The van der Waals surface area contributed by atoms with Crippen molar-refractivity contribution in [3.63, 3.8) is 0 Å². The van der Waals surface area contributed by atoms with Crippen molar-refractivity contribution in [1.82, 2.24) is 0 Å². The van der Waals surface area contributed by atoms with Crippen molar-refractivity contribution in [2.45, 2.75) is 121 Å². The van der Waals surface area contributed by atoms with Crippen LogP contribution in [0.15, 0.2) is 12.2 Å². The van der Waals surface area contributed by atoms with Gasteiger partial charge in [-0.25, -0.2) is 9.78 Å². The molecule has 1 fully saturated rings. The maximum Gasteiger partial charge on any atom is 0.306 e. The Hall–Kier alpha value is -1.32. The van der Waals surface area contributed by atoms with E-state index in [4.69, 9.17) is 14.4 Å². The molecule has 1 saturated heterocycles. The van der Waals surface area contributed by atoms with Gasteiger partial charge in [-0.15, -0.1) is 0 Å². The van der Waals surface area contributed by atoms with Gasteiger partial charge in [0.2, 0.25) is 0 Å². The number of hydrogen-bond acceptors (Lipinski definition) is 8. The molecule has 4 atom stereocenters. The maximum absolute atomic E-state index is 12.2. The Kier molecular flexibility index (Phi) is 19.0. The standard InChI is InChI=1S/C26H46O8/c1-2-3-4-5-6-7-8-9-10-11-12-13-14-15-16-17-24(30)33-25-22(29)21-31-26(25)23(20-28)34-32-19-18-27/h9-10,18,22-23,25-26,28-29H,2-8,11-17,19-21H2,1H3/b10-9-/t22-,23+,25+,26+/m0/s1. The van der Waals surface area contributed by atoms with Crippen molar-refractivity contribution in [2.24, 2.45) is 0 Å². The number of aldehydes is 1. The summed E-state index contributed by atoms with van der Waals surface area (Å²) in [5, 5.41) is 19.6. The smallest absolute Gasteiger partial charge is 0.306 e. The fourth-order valence-electron chi connectivity index (χ4n) is 3.98. The van der Waals surface area contributed by atoms with E-state index in [1.807, 2.05) is 0 Å². The van der Waals surface area contributed by atoms with Crippen molar-refractivity contribution in [2.75, 3.05) is 19.8 Å². The highest BCUT2D eigenvalue weighted by Gasteiger charge is 2.44.